The van der Waals surface area contributed by atoms with E-state index in [2.05, 4.69) is 16.6 Å². The van der Waals surface area contributed by atoms with Gasteiger partial charge in [0.15, 0.2) is 0 Å². The molecule has 20 heavy (non-hydrogen) atoms. The lowest BCUT2D eigenvalue weighted by atomic mass is 10.1. The summed E-state index contributed by atoms with van der Waals surface area (Å²) in [5.74, 6) is 5.21. The summed E-state index contributed by atoms with van der Waals surface area (Å²) < 4.78 is 27.3. The van der Waals surface area contributed by atoms with Crippen LogP contribution in [0.2, 0.25) is 0 Å². The predicted octanol–water partition coefficient (Wildman–Crippen LogP) is 1.89. The van der Waals surface area contributed by atoms with E-state index in [0.717, 1.165) is 19.3 Å². The Kier molecular flexibility index (Phi) is 6.73. The standard InChI is InChI=1S/C15H21NO3S/c1-3-7-14(4-2)16-20(18,19)15-10-5-8-13(12-15)9-6-11-17/h5,8,10,12,14,16-17H,3-4,7,11H2,1-2H3. The van der Waals surface area contributed by atoms with Crippen LogP contribution in [0.15, 0.2) is 29.2 Å². The van der Waals surface area contributed by atoms with Crippen LogP contribution in [0, 0.1) is 11.8 Å². The van der Waals surface area contributed by atoms with Gasteiger partial charge < -0.3 is 5.11 Å². The Morgan fingerprint density at radius 1 is 1.35 bits per heavy atom. The number of rotatable bonds is 6. The van der Waals surface area contributed by atoms with Gasteiger partial charge in [-0.25, -0.2) is 13.1 Å². The highest BCUT2D eigenvalue weighted by Crippen LogP contribution is 2.13. The minimum atomic E-state index is -3.52. The number of hydrogen-bond donors (Lipinski definition) is 2. The number of sulfonamides is 1. The molecule has 4 nitrogen and oxygen atoms in total. The minimum absolute atomic E-state index is 0.0443. The van der Waals surface area contributed by atoms with Crippen LogP contribution in [0.3, 0.4) is 0 Å². The second-order valence-corrected chi connectivity index (χ2v) is 6.22. The van der Waals surface area contributed by atoms with Crippen molar-refractivity contribution in [3.05, 3.63) is 29.8 Å². The van der Waals surface area contributed by atoms with Crippen LogP contribution < -0.4 is 4.72 Å². The Morgan fingerprint density at radius 3 is 2.70 bits per heavy atom. The highest BCUT2D eigenvalue weighted by molar-refractivity contribution is 7.89. The van der Waals surface area contributed by atoms with Gasteiger partial charge >= 0.3 is 0 Å². The maximum absolute atomic E-state index is 12.3. The van der Waals surface area contributed by atoms with Gasteiger partial charge in [0, 0.05) is 11.6 Å². The fourth-order valence-electron chi connectivity index (χ4n) is 1.86. The van der Waals surface area contributed by atoms with Crippen molar-refractivity contribution in [2.45, 2.75) is 44.0 Å². The molecule has 0 aliphatic rings. The molecule has 0 amide bonds. The van der Waals surface area contributed by atoms with Gasteiger partial charge in [0.2, 0.25) is 10.0 Å². The molecule has 1 aromatic carbocycles. The monoisotopic (exact) mass is 295 g/mol. The van der Waals surface area contributed by atoms with Crippen LogP contribution in [0.5, 0.6) is 0 Å². The summed E-state index contributed by atoms with van der Waals surface area (Å²) in [5.41, 5.74) is 0.575. The third kappa shape index (κ3) is 4.97. The van der Waals surface area contributed by atoms with Gasteiger partial charge in [0.25, 0.3) is 0 Å². The van der Waals surface area contributed by atoms with E-state index in [1.54, 1.807) is 18.2 Å². The molecule has 0 aliphatic carbocycles. The van der Waals surface area contributed by atoms with Crippen LogP contribution >= 0.6 is 0 Å². The third-order valence-electron chi connectivity index (χ3n) is 2.91. The topological polar surface area (TPSA) is 66.4 Å². The van der Waals surface area contributed by atoms with Crippen LogP contribution in [-0.2, 0) is 10.0 Å². The summed E-state index contributed by atoms with van der Waals surface area (Å²) >= 11 is 0. The molecule has 0 fully saturated rings. The van der Waals surface area contributed by atoms with Crippen molar-refractivity contribution in [1.29, 1.82) is 0 Å². The van der Waals surface area contributed by atoms with Crippen LogP contribution in [-0.4, -0.2) is 26.2 Å². The van der Waals surface area contributed by atoms with Gasteiger partial charge in [0.05, 0.1) is 4.90 Å². The first kappa shape index (κ1) is 16.7. The largest absolute Gasteiger partial charge is 0.384 e. The quantitative estimate of drug-likeness (QED) is 0.788. The maximum Gasteiger partial charge on any atom is 0.240 e. The van der Waals surface area contributed by atoms with Crippen molar-refractivity contribution in [1.82, 2.24) is 4.72 Å². The van der Waals surface area contributed by atoms with E-state index in [0.29, 0.717) is 5.56 Å². The molecule has 1 atom stereocenters. The fraction of sp³-hybridized carbons (Fsp3) is 0.467. The van der Waals surface area contributed by atoms with Crippen molar-refractivity contribution < 1.29 is 13.5 Å². The molecule has 0 bridgehead atoms. The van der Waals surface area contributed by atoms with Gasteiger partial charge in [-0.3, -0.25) is 0 Å². The van der Waals surface area contributed by atoms with Crippen molar-refractivity contribution in [2.24, 2.45) is 0 Å². The van der Waals surface area contributed by atoms with Crippen LogP contribution in [0.25, 0.3) is 0 Å². The first-order valence-corrected chi connectivity index (χ1v) is 8.24. The lowest BCUT2D eigenvalue weighted by Gasteiger charge is -2.16. The lowest BCUT2D eigenvalue weighted by Crippen LogP contribution is -2.34. The minimum Gasteiger partial charge on any atom is -0.384 e. The summed E-state index contributed by atoms with van der Waals surface area (Å²) in [6, 6.07) is 6.38. The molecule has 0 radical (unpaired) electrons. The van der Waals surface area contributed by atoms with Crippen molar-refractivity contribution in [2.75, 3.05) is 6.61 Å². The zero-order valence-corrected chi connectivity index (χ0v) is 12.7. The Labute approximate surface area is 121 Å². The summed E-state index contributed by atoms with van der Waals surface area (Å²) in [5, 5.41) is 8.66. The second-order valence-electron chi connectivity index (χ2n) is 4.50. The van der Waals surface area contributed by atoms with Gasteiger partial charge in [-0.1, -0.05) is 38.2 Å². The first-order valence-electron chi connectivity index (χ1n) is 6.75. The van der Waals surface area contributed by atoms with E-state index in [1.165, 1.54) is 6.07 Å². The van der Waals surface area contributed by atoms with E-state index < -0.39 is 10.0 Å². The van der Waals surface area contributed by atoms with E-state index in [1.807, 2.05) is 13.8 Å². The van der Waals surface area contributed by atoms with E-state index >= 15 is 0 Å². The van der Waals surface area contributed by atoms with Gasteiger partial charge in [0.1, 0.15) is 6.61 Å². The molecule has 2 N–H and O–H groups in total. The molecule has 0 aliphatic heterocycles. The van der Waals surface area contributed by atoms with Crippen molar-refractivity contribution in [3.63, 3.8) is 0 Å². The number of aliphatic hydroxyl groups is 1. The summed E-state index contributed by atoms with van der Waals surface area (Å²) in [6.07, 6.45) is 2.51. The number of benzene rings is 1. The van der Waals surface area contributed by atoms with Crippen LogP contribution in [0.1, 0.15) is 38.7 Å². The molecular weight excluding hydrogens is 274 g/mol. The third-order valence-corrected chi connectivity index (χ3v) is 4.43. The van der Waals surface area contributed by atoms with Gasteiger partial charge in [-0.2, -0.15) is 0 Å². The Balaban J connectivity index is 2.97. The molecule has 0 heterocycles. The van der Waals surface area contributed by atoms with Crippen LogP contribution in [0.4, 0.5) is 0 Å². The predicted molar refractivity (Wildman–Crippen MR) is 79.7 cm³/mol. The smallest absolute Gasteiger partial charge is 0.240 e. The van der Waals surface area contributed by atoms with E-state index in [4.69, 9.17) is 5.11 Å². The molecule has 1 rings (SSSR count). The summed E-state index contributed by atoms with van der Waals surface area (Å²) in [4.78, 5) is 0.205. The zero-order chi connectivity index (χ0) is 15.0. The number of hydrogen-bond acceptors (Lipinski definition) is 3. The molecule has 1 unspecified atom stereocenters. The Morgan fingerprint density at radius 2 is 2.10 bits per heavy atom. The highest BCUT2D eigenvalue weighted by atomic mass is 32.2. The second kappa shape index (κ2) is 8.05. The molecule has 110 valence electrons. The van der Waals surface area contributed by atoms with Gasteiger partial charge in [-0.15, -0.1) is 0 Å². The zero-order valence-electron chi connectivity index (χ0n) is 11.9. The average Bonchev–Trinajstić information content (AvgIpc) is 2.44. The summed E-state index contributed by atoms with van der Waals surface area (Å²) in [6.45, 7) is 3.75. The molecular formula is C15H21NO3S. The van der Waals surface area contributed by atoms with Gasteiger partial charge in [-0.05, 0) is 31.0 Å². The highest BCUT2D eigenvalue weighted by Gasteiger charge is 2.18. The lowest BCUT2D eigenvalue weighted by molar-refractivity contribution is 0.350. The Hall–Kier alpha value is -1.35. The fourth-order valence-corrected chi connectivity index (χ4v) is 3.26. The normalized spacial score (nSPS) is 12.6. The van der Waals surface area contributed by atoms with Crippen molar-refractivity contribution in [3.8, 4) is 11.8 Å². The van der Waals surface area contributed by atoms with E-state index in [9.17, 15) is 8.42 Å². The average molecular weight is 295 g/mol. The van der Waals surface area contributed by atoms with Crippen molar-refractivity contribution >= 4 is 10.0 Å². The summed E-state index contributed by atoms with van der Waals surface area (Å²) in [7, 11) is -3.52. The first-order chi connectivity index (χ1) is 9.53. The van der Waals surface area contributed by atoms with E-state index in [-0.39, 0.29) is 17.5 Å². The molecule has 5 heteroatoms. The number of aliphatic hydroxyl groups excluding tert-OH is 1. The maximum atomic E-state index is 12.3. The number of nitrogens with one attached hydrogen (secondary N) is 1. The molecule has 0 saturated carbocycles. The SMILES string of the molecule is CCCC(CC)NS(=O)(=O)c1cccc(C#CCO)c1. The Bertz CT molecular complexity index is 585. The molecule has 0 spiro atoms. The molecule has 0 aromatic heterocycles. The molecule has 0 saturated heterocycles. The molecule has 1 aromatic rings.